The summed E-state index contributed by atoms with van der Waals surface area (Å²) < 4.78 is 3.22. The van der Waals surface area contributed by atoms with Crippen LogP contribution in [0.3, 0.4) is 0 Å². The molecule has 4 aromatic heterocycles. The van der Waals surface area contributed by atoms with Crippen LogP contribution in [0.15, 0.2) is 60.0 Å². The van der Waals surface area contributed by atoms with Gasteiger partial charge in [0.1, 0.15) is 12.1 Å². The van der Waals surface area contributed by atoms with Crippen LogP contribution in [0.2, 0.25) is 0 Å². The van der Waals surface area contributed by atoms with Gasteiger partial charge in [0.05, 0.1) is 5.39 Å². The molecule has 0 radical (unpaired) electrons. The molecule has 9 heteroatoms. The summed E-state index contributed by atoms with van der Waals surface area (Å²) in [7, 11) is 0. The quantitative estimate of drug-likeness (QED) is 0.525. The number of rotatable bonds is 4. The highest BCUT2D eigenvalue weighted by Crippen LogP contribution is 2.27. The molecular weight excluding hydrogens is 368 g/mol. The van der Waals surface area contributed by atoms with E-state index in [4.69, 9.17) is 0 Å². The van der Waals surface area contributed by atoms with Crippen LogP contribution >= 0.6 is 0 Å². The number of hydrogen-bond donors (Lipinski definition) is 0. The Morgan fingerprint density at radius 2 is 1.90 bits per heavy atom. The van der Waals surface area contributed by atoms with Crippen molar-refractivity contribution in [3.8, 4) is 5.82 Å². The number of fused-ring (bicyclic) bond motifs is 1. The molecule has 0 N–H and O–H groups in total. The maximum absolute atomic E-state index is 12.3. The first-order valence-corrected chi connectivity index (χ1v) is 9.67. The monoisotopic (exact) mass is 388 g/mol. The third-order valence-electron chi connectivity index (χ3n) is 5.32. The van der Waals surface area contributed by atoms with Gasteiger partial charge in [0.15, 0.2) is 11.5 Å². The molecule has 0 aromatic carbocycles. The summed E-state index contributed by atoms with van der Waals surface area (Å²) in [6.07, 6.45) is 8.75. The Labute approximate surface area is 166 Å². The zero-order valence-corrected chi connectivity index (χ0v) is 15.8. The van der Waals surface area contributed by atoms with Gasteiger partial charge in [-0.1, -0.05) is 0 Å². The average molecular weight is 388 g/mol. The third-order valence-corrected chi connectivity index (χ3v) is 5.32. The van der Waals surface area contributed by atoms with Gasteiger partial charge >= 0.3 is 0 Å². The lowest BCUT2D eigenvalue weighted by Crippen LogP contribution is -2.37. The summed E-state index contributed by atoms with van der Waals surface area (Å²) in [5, 5.41) is 9.65. The Bertz CT molecular complexity index is 1170. The summed E-state index contributed by atoms with van der Waals surface area (Å²) in [6.45, 7) is 2.35. The van der Waals surface area contributed by atoms with E-state index in [1.807, 2.05) is 24.4 Å². The Morgan fingerprint density at radius 3 is 2.72 bits per heavy atom. The number of pyridine rings is 1. The molecule has 5 heterocycles. The maximum Gasteiger partial charge on any atom is 0.266 e. The predicted molar refractivity (Wildman–Crippen MR) is 108 cm³/mol. The van der Waals surface area contributed by atoms with Crippen molar-refractivity contribution in [3.63, 3.8) is 0 Å². The predicted octanol–water partition coefficient (Wildman–Crippen LogP) is 1.68. The van der Waals surface area contributed by atoms with Crippen molar-refractivity contribution in [2.75, 3.05) is 18.0 Å². The number of anilines is 1. The number of piperidine rings is 1. The van der Waals surface area contributed by atoms with Crippen molar-refractivity contribution in [2.24, 2.45) is 5.92 Å². The van der Waals surface area contributed by atoms with Crippen molar-refractivity contribution in [3.05, 3.63) is 65.6 Å². The molecule has 146 valence electrons. The zero-order chi connectivity index (χ0) is 19.6. The minimum atomic E-state index is -0.0868. The van der Waals surface area contributed by atoms with E-state index in [-0.39, 0.29) is 5.56 Å². The van der Waals surface area contributed by atoms with E-state index in [0.717, 1.165) is 37.1 Å². The SMILES string of the molecule is O=c1ccc(-n2cccn2)nn1CC1CCN(c2ncnc3ncccc23)CC1. The lowest BCUT2D eigenvalue weighted by Gasteiger charge is -2.33. The van der Waals surface area contributed by atoms with Crippen LogP contribution in [-0.4, -0.2) is 47.6 Å². The van der Waals surface area contributed by atoms with Crippen LogP contribution in [0.1, 0.15) is 12.8 Å². The van der Waals surface area contributed by atoms with Crippen molar-refractivity contribution in [1.29, 1.82) is 0 Å². The van der Waals surface area contributed by atoms with Crippen molar-refractivity contribution in [2.45, 2.75) is 19.4 Å². The third kappa shape index (κ3) is 3.46. The van der Waals surface area contributed by atoms with E-state index < -0.39 is 0 Å². The molecule has 0 saturated carbocycles. The number of aromatic nitrogens is 7. The molecule has 9 nitrogen and oxygen atoms in total. The molecule has 1 fully saturated rings. The second-order valence-electron chi connectivity index (χ2n) is 7.16. The molecule has 0 bridgehead atoms. The van der Waals surface area contributed by atoms with E-state index >= 15 is 0 Å². The van der Waals surface area contributed by atoms with E-state index in [9.17, 15) is 4.79 Å². The first-order chi connectivity index (χ1) is 14.3. The number of hydrogen-bond acceptors (Lipinski definition) is 7. The van der Waals surface area contributed by atoms with E-state index in [2.05, 4.69) is 30.0 Å². The summed E-state index contributed by atoms with van der Waals surface area (Å²) in [4.78, 5) is 27.6. The molecule has 0 amide bonds. The molecule has 1 saturated heterocycles. The highest BCUT2D eigenvalue weighted by Gasteiger charge is 2.23. The molecule has 5 rings (SSSR count). The van der Waals surface area contributed by atoms with Crippen molar-refractivity contribution < 1.29 is 0 Å². The topological polar surface area (TPSA) is 94.6 Å². The molecule has 0 spiro atoms. The smallest absolute Gasteiger partial charge is 0.266 e. The van der Waals surface area contributed by atoms with Gasteiger partial charge in [-0.25, -0.2) is 24.3 Å². The van der Waals surface area contributed by atoms with Crippen LogP contribution < -0.4 is 10.5 Å². The molecule has 4 aromatic rings. The highest BCUT2D eigenvalue weighted by atomic mass is 16.1. The van der Waals surface area contributed by atoms with Crippen LogP contribution in [0.4, 0.5) is 5.82 Å². The highest BCUT2D eigenvalue weighted by molar-refractivity contribution is 5.86. The van der Waals surface area contributed by atoms with Crippen LogP contribution in [-0.2, 0) is 6.54 Å². The largest absolute Gasteiger partial charge is 0.356 e. The molecule has 0 unspecified atom stereocenters. The fourth-order valence-electron chi connectivity index (χ4n) is 3.80. The Balaban J connectivity index is 1.30. The molecule has 29 heavy (non-hydrogen) atoms. The van der Waals surface area contributed by atoms with Gasteiger partial charge in [-0.2, -0.15) is 5.10 Å². The van der Waals surface area contributed by atoms with Gasteiger partial charge in [0.25, 0.3) is 5.56 Å². The minimum absolute atomic E-state index is 0.0868. The molecule has 1 aliphatic heterocycles. The maximum atomic E-state index is 12.3. The summed E-state index contributed by atoms with van der Waals surface area (Å²) in [6, 6.07) is 9.00. The van der Waals surface area contributed by atoms with Crippen LogP contribution in [0, 0.1) is 5.92 Å². The Kier molecular flexibility index (Phi) is 4.47. The van der Waals surface area contributed by atoms with Gasteiger partial charge in [0.2, 0.25) is 0 Å². The van der Waals surface area contributed by atoms with Gasteiger partial charge in [0, 0.05) is 44.3 Å². The van der Waals surface area contributed by atoms with E-state index in [0.29, 0.717) is 23.9 Å². The molecule has 0 atom stereocenters. The minimum Gasteiger partial charge on any atom is -0.356 e. The van der Waals surface area contributed by atoms with Crippen LogP contribution in [0.25, 0.3) is 16.9 Å². The van der Waals surface area contributed by atoms with Crippen LogP contribution in [0.5, 0.6) is 0 Å². The molecule has 1 aliphatic rings. The first-order valence-electron chi connectivity index (χ1n) is 9.67. The number of nitrogens with zero attached hydrogens (tertiary/aromatic N) is 8. The normalized spacial score (nSPS) is 15.1. The van der Waals surface area contributed by atoms with E-state index in [1.54, 1.807) is 40.2 Å². The van der Waals surface area contributed by atoms with Crippen molar-refractivity contribution >= 4 is 16.9 Å². The van der Waals surface area contributed by atoms with Gasteiger partial charge in [-0.05, 0) is 43.0 Å². The average Bonchev–Trinajstić information content (AvgIpc) is 3.30. The fraction of sp³-hybridized carbons (Fsp3) is 0.300. The van der Waals surface area contributed by atoms with E-state index in [1.165, 1.54) is 0 Å². The van der Waals surface area contributed by atoms with Crippen molar-refractivity contribution in [1.82, 2.24) is 34.5 Å². The summed E-state index contributed by atoms with van der Waals surface area (Å²) >= 11 is 0. The Morgan fingerprint density at radius 1 is 1.00 bits per heavy atom. The molecular formula is C20H20N8O. The second kappa shape index (κ2) is 7.42. The Hall–Kier alpha value is -3.62. The molecule has 0 aliphatic carbocycles. The summed E-state index contributed by atoms with van der Waals surface area (Å²) in [5.41, 5.74) is 0.627. The van der Waals surface area contributed by atoms with Gasteiger partial charge < -0.3 is 4.90 Å². The first kappa shape index (κ1) is 17.5. The lowest BCUT2D eigenvalue weighted by molar-refractivity contribution is 0.334. The summed E-state index contributed by atoms with van der Waals surface area (Å²) in [5.74, 6) is 1.96. The lowest BCUT2D eigenvalue weighted by atomic mass is 9.96. The van der Waals surface area contributed by atoms with Gasteiger partial charge in [-0.3, -0.25) is 4.79 Å². The zero-order valence-electron chi connectivity index (χ0n) is 15.8. The van der Waals surface area contributed by atoms with Gasteiger partial charge in [-0.15, -0.1) is 5.10 Å². The standard InChI is InChI=1S/C20H20N8O/c29-18-5-4-17(27-10-2-9-24-27)25-28(18)13-15-6-11-26(12-7-15)20-16-3-1-8-21-19(16)22-14-23-20/h1-5,8-10,14-15H,6-7,11-13H2. The fourth-order valence-corrected chi connectivity index (χ4v) is 3.80. The second-order valence-corrected chi connectivity index (χ2v) is 7.16.